The second-order valence-corrected chi connectivity index (χ2v) is 8.37. The van der Waals surface area contributed by atoms with Gasteiger partial charge in [-0.25, -0.2) is 8.78 Å². The molecule has 0 aliphatic carbocycles. The number of nitrogens with one attached hydrogen (secondary N) is 1. The van der Waals surface area contributed by atoms with Crippen LogP contribution in [0.3, 0.4) is 0 Å². The highest BCUT2D eigenvalue weighted by atomic mass is 19.1. The normalized spacial score (nSPS) is 17.6. The first-order valence-corrected chi connectivity index (χ1v) is 11.0. The van der Waals surface area contributed by atoms with Crippen LogP contribution in [0.2, 0.25) is 0 Å². The Kier molecular flexibility index (Phi) is 6.62. The van der Waals surface area contributed by atoms with Gasteiger partial charge >= 0.3 is 0 Å². The lowest BCUT2D eigenvalue weighted by atomic mass is 9.91. The van der Waals surface area contributed by atoms with Crippen molar-refractivity contribution in [2.75, 3.05) is 36.5 Å². The zero-order valence-corrected chi connectivity index (χ0v) is 18.1. The first-order chi connectivity index (χ1) is 15.4. The fraction of sp³-hybridized carbons (Fsp3) is 0.458. The van der Waals surface area contributed by atoms with Crippen LogP contribution < -0.4 is 15.0 Å². The van der Waals surface area contributed by atoms with Crippen molar-refractivity contribution in [3.63, 3.8) is 0 Å². The van der Waals surface area contributed by atoms with Gasteiger partial charge in [0.05, 0.1) is 18.0 Å². The van der Waals surface area contributed by atoms with Crippen molar-refractivity contribution in [1.82, 2.24) is 0 Å². The van der Waals surface area contributed by atoms with Crippen LogP contribution >= 0.6 is 0 Å². The van der Waals surface area contributed by atoms with Crippen LogP contribution in [0.4, 0.5) is 20.2 Å². The quantitative estimate of drug-likeness (QED) is 0.677. The number of halogens is 2. The molecule has 2 aromatic carbocycles. The Labute approximate surface area is 186 Å². The zero-order valence-electron chi connectivity index (χ0n) is 18.1. The van der Waals surface area contributed by atoms with Crippen molar-refractivity contribution in [3.8, 4) is 5.75 Å². The maximum Gasteiger partial charge on any atom is 0.224 e. The minimum atomic E-state index is -1.07. The summed E-state index contributed by atoms with van der Waals surface area (Å²) < 4.78 is 39.9. The van der Waals surface area contributed by atoms with Crippen LogP contribution in [-0.2, 0) is 22.6 Å². The molecule has 172 valence electrons. The molecule has 0 atom stereocenters. The molecule has 0 radical (unpaired) electrons. The predicted molar refractivity (Wildman–Crippen MR) is 117 cm³/mol. The Morgan fingerprint density at radius 1 is 1.12 bits per heavy atom. The standard InChI is InChI=1S/C24H28F2N2O4/c1-2-31-14-16-3-6-20(19(26)13-16)28-11-9-24(30,10-12-28)15-32-21-7-5-18(25)23-17(21)4-8-22(29)27-23/h3,5-7,13,30H,2,4,8-12,14-15H2,1H3,(H,27,29). The molecular formula is C24H28F2N2O4. The third kappa shape index (κ3) is 4.86. The second-order valence-electron chi connectivity index (χ2n) is 8.37. The monoisotopic (exact) mass is 446 g/mol. The van der Waals surface area contributed by atoms with E-state index >= 15 is 0 Å². The smallest absolute Gasteiger partial charge is 0.224 e. The van der Waals surface area contributed by atoms with E-state index in [0.29, 0.717) is 62.6 Å². The van der Waals surface area contributed by atoms with Gasteiger partial charge in [-0.1, -0.05) is 6.07 Å². The number of hydrogen-bond acceptors (Lipinski definition) is 5. The van der Waals surface area contributed by atoms with Crippen molar-refractivity contribution >= 4 is 17.3 Å². The van der Waals surface area contributed by atoms with Crippen LogP contribution in [-0.4, -0.2) is 42.9 Å². The molecule has 2 aliphatic heterocycles. The lowest BCUT2D eigenvalue weighted by Gasteiger charge is -2.39. The molecule has 0 spiro atoms. The van der Waals surface area contributed by atoms with Crippen molar-refractivity contribution in [2.24, 2.45) is 0 Å². The van der Waals surface area contributed by atoms with E-state index in [-0.39, 0.29) is 30.4 Å². The summed E-state index contributed by atoms with van der Waals surface area (Å²) in [4.78, 5) is 13.5. The number of carbonyl (C=O) groups excluding carboxylic acids is 1. The number of carbonyl (C=O) groups is 1. The lowest BCUT2D eigenvalue weighted by molar-refractivity contribution is -0.116. The van der Waals surface area contributed by atoms with E-state index in [2.05, 4.69) is 5.32 Å². The molecule has 1 saturated heterocycles. The highest BCUT2D eigenvalue weighted by molar-refractivity contribution is 5.94. The zero-order chi connectivity index (χ0) is 22.7. The Morgan fingerprint density at radius 2 is 1.91 bits per heavy atom. The van der Waals surface area contributed by atoms with Gasteiger partial charge in [0.1, 0.15) is 29.6 Å². The molecule has 0 aromatic heterocycles. The molecule has 1 amide bonds. The molecule has 0 saturated carbocycles. The van der Waals surface area contributed by atoms with E-state index in [1.165, 1.54) is 18.2 Å². The predicted octanol–water partition coefficient (Wildman–Crippen LogP) is 3.80. The number of ether oxygens (including phenoxy) is 2. The average Bonchev–Trinajstić information content (AvgIpc) is 2.78. The number of amides is 1. The average molecular weight is 446 g/mol. The van der Waals surface area contributed by atoms with Gasteiger partial charge in [-0.15, -0.1) is 0 Å². The molecule has 0 unspecified atom stereocenters. The van der Waals surface area contributed by atoms with Crippen molar-refractivity contribution in [1.29, 1.82) is 0 Å². The van der Waals surface area contributed by atoms with E-state index in [4.69, 9.17) is 9.47 Å². The van der Waals surface area contributed by atoms with Crippen molar-refractivity contribution in [2.45, 2.75) is 44.8 Å². The van der Waals surface area contributed by atoms with Crippen LogP contribution in [0.1, 0.15) is 37.3 Å². The number of benzene rings is 2. The summed E-state index contributed by atoms with van der Waals surface area (Å²) in [5.41, 5.74) is 0.996. The Balaban J connectivity index is 1.37. The molecule has 8 heteroatoms. The van der Waals surface area contributed by atoms with Gasteiger partial charge in [-0.05, 0) is 56.0 Å². The van der Waals surface area contributed by atoms with E-state index in [9.17, 15) is 18.7 Å². The minimum Gasteiger partial charge on any atom is -0.490 e. The minimum absolute atomic E-state index is 0.0443. The summed E-state index contributed by atoms with van der Waals surface area (Å²) in [7, 11) is 0. The number of piperidine rings is 1. The van der Waals surface area contributed by atoms with Crippen molar-refractivity contribution < 1.29 is 28.2 Å². The highest BCUT2D eigenvalue weighted by Gasteiger charge is 2.34. The van der Waals surface area contributed by atoms with Crippen LogP contribution in [0.25, 0.3) is 0 Å². The van der Waals surface area contributed by atoms with Gasteiger partial charge < -0.3 is 24.8 Å². The number of anilines is 2. The van der Waals surface area contributed by atoms with Gasteiger partial charge in [-0.3, -0.25) is 4.79 Å². The van der Waals surface area contributed by atoms with Crippen molar-refractivity contribution in [3.05, 3.63) is 53.1 Å². The third-order valence-corrected chi connectivity index (χ3v) is 6.10. The molecule has 32 heavy (non-hydrogen) atoms. The molecule has 2 N–H and O–H groups in total. The molecule has 1 fully saturated rings. The maximum absolute atomic E-state index is 14.6. The van der Waals surface area contributed by atoms with Gasteiger partial charge in [0.2, 0.25) is 5.91 Å². The summed E-state index contributed by atoms with van der Waals surface area (Å²) in [6, 6.07) is 7.89. The molecule has 0 bridgehead atoms. The fourth-order valence-electron chi connectivity index (χ4n) is 4.20. The molecular weight excluding hydrogens is 418 g/mol. The van der Waals surface area contributed by atoms with E-state index < -0.39 is 11.4 Å². The SMILES string of the molecule is CCOCc1ccc(N2CCC(O)(COc3ccc(F)c4c3CCC(=O)N4)CC2)c(F)c1. The summed E-state index contributed by atoms with van der Waals surface area (Å²) in [6.07, 6.45) is 1.47. The van der Waals surface area contributed by atoms with E-state index in [0.717, 1.165) is 5.56 Å². The van der Waals surface area contributed by atoms with Gasteiger partial charge in [0.25, 0.3) is 0 Å². The maximum atomic E-state index is 14.6. The Bertz CT molecular complexity index is 990. The summed E-state index contributed by atoms with van der Waals surface area (Å²) in [5, 5.41) is 13.6. The van der Waals surface area contributed by atoms with Gasteiger partial charge in [0, 0.05) is 31.7 Å². The largest absolute Gasteiger partial charge is 0.490 e. The van der Waals surface area contributed by atoms with Gasteiger partial charge in [-0.2, -0.15) is 0 Å². The number of nitrogens with zero attached hydrogens (tertiary/aromatic N) is 1. The molecule has 2 aromatic rings. The summed E-state index contributed by atoms with van der Waals surface area (Å²) >= 11 is 0. The van der Waals surface area contributed by atoms with E-state index in [1.807, 2.05) is 17.9 Å². The number of rotatable bonds is 7. The molecule has 4 rings (SSSR count). The first-order valence-electron chi connectivity index (χ1n) is 11.0. The first kappa shape index (κ1) is 22.5. The highest BCUT2D eigenvalue weighted by Crippen LogP contribution is 2.35. The summed E-state index contributed by atoms with van der Waals surface area (Å²) in [6.45, 7) is 3.86. The second kappa shape index (κ2) is 9.42. The lowest BCUT2D eigenvalue weighted by Crippen LogP contribution is -2.48. The topological polar surface area (TPSA) is 71.0 Å². The summed E-state index contributed by atoms with van der Waals surface area (Å²) in [5.74, 6) is -0.559. The number of fused-ring (bicyclic) bond motifs is 1. The Morgan fingerprint density at radius 3 is 2.62 bits per heavy atom. The van der Waals surface area contributed by atoms with Crippen LogP contribution in [0, 0.1) is 11.6 Å². The number of hydrogen-bond donors (Lipinski definition) is 2. The van der Waals surface area contributed by atoms with Crippen LogP contribution in [0.15, 0.2) is 30.3 Å². The Hall–Kier alpha value is -2.71. The van der Waals surface area contributed by atoms with Crippen LogP contribution in [0.5, 0.6) is 5.75 Å². The fourth-order valence-corrected chi connectivity index (χ4v) is 4.20. The molecule has 2 heterocycles. The van der Waals surface area contributed by atoms with Gasteiger partial charge in [0.15, 0.2) is 0 Å². The van der Waals surface area contributed by atoms with E-state index in [1.54, 1.807) is 6.07 Å². The third-order valence-electron chi connectivity index (χ3n) is 6.10. The molecule has 2 aliphatic rings. The molecule has 6 nitrogen and oxygen atoms in total. The number of aliphatic hydroxyl groups is 1.